The predicted octanol–water partition coefficient (Wildman–Crippen LogP) is 2.94. The van der Waals surface area contributed by atoms with E-state index >= 15 is 0 Å². The van der Waals surface area contributed by atoms with E-state index in [-0.39, 0.29) is 22.7 Å². The first kappa shape index (κ1) is 22.8. The molecule has 10 heteroatoms. The molecule has 1 N–H and O–H groups in total. The number of nitrogens with zero attached hydrogens (tertiary/aromatic N) is 3. The van der Waals surface area contributed by atoms with Crippen LogP contribution in [0.2, 0.25) is 0 Å². The summed E-state index contributed by atoms with van der Waals surface area (Å²) >= 11 is 0. The van der Waals surface area contributed by atoms with Gasteiger partial charge in [-0.2, -0.15) is 9.41 Å². The summed E-state index contributed by atoms with van der Waals surface area (Å²) in [5, 5.41) is 14.8. The zero-order valence-corrected chi connectivity index (χ0v) is 17.7. The number of rotatable bonds is 9. The van der Waals surface area contributed by atoms with Crippen LogP contribution < -0.4 is 5.43 Å². The summed E-state index contributed by atoms with van der Waals surface area (Å²) < 4.78 is 27.3. The summed E-state index contributed by atoms with van der Waals surface area (Å²) in [5.41, 5.74) is 2.99. The molecule has 0 aromatic heterocycles. The molecule has 0 saturated carbocycles. The highest BCUT2D eigenvalue weighted by Gasteiger charge is 2.26. The molecule has 0 aliphatic carbocycles. The van der Waals surface area contributed by atoms with Crippen molar-refractivity contribution in [3.63, 3.8) is 0 Å². The lowest BCUT2D eigenvalue weighted by Gasteiger charge is -2.21. The highest BCUT2D eigenvalue weighted by molar-refractivity contribution is 7.89. The molecule has 1 amide bonds. The van der Waals surface area contributed by atoms with E-state index in [1.54, 1.807) is 48.5 Å². The van der Waals surface area contributed by atoms with Crippen LogP contribution in [0, 0.1) is 10.1 Å². The Morgan fingerprint density at radius 1 is 0.969 bits per heavy atom. The van der Waals surface area contributed by atoms with Crippen molar-refractivity contribution in [1.82, 2.24) is 9.73 Å². The van der Waals surface area contributed by atoms with E-state index in [0.717, 1.165) is 10.5 Å². The first-order chi connectivity index (χ1) is 15.4. The van der Waals surface area contributed by atoms with Crippen molar-refractivity contribution in [3.8, 4) is 0 Å². The summed E-state index contributed by atoms with van der Waals surface area (Å²) in [6.07, 6.45) is 1.14. The Balaban J connectivity index is 1.77. The molecule has 0 saturated heterocycles. The molecule has 0 aliphatic heterocycles. The Kier molecular flexibility index (Phi) is 7.42. The van der Waals surface area contributed by atoms with Gasteiger partial charge in [0, 0.05) is 12.6 Å². The molecular formula is C22H20N4O5S. The molecule has 0 bridgehead atoms. The van der Waals surface area contributed by atoms with E-state index < -0.39 is 27.4 Å². The Bertz CT molecular complexity index is 1220. The van der Waals surface area contributed by atoms with Crippen LogP contribution in [0.3, 0.4) is 0 Å². The van der Waals surface area contributed by atoms with Gasteiger partial charge in [-0.3, -0.25) is 14.9 Å². The molecule has 0 fully saturated rings. The number of hydrogen-bond donors (Lipinski definition) is 1. The Labute approximate surface area is 185 Å². The van der Waals surface area contributed by atoms with E-state index in [4.69, 9.17) is 0 Å². The number of hydrazone groups is 1. The fraction of sp³-hybridized carbons (Fsp3) is 0.0909. The van der Waals surface area contributed by atoms with E-state index in [9.17, 15) is 23.3 Å². The third-order valence-electron chi connectivity index (χ3n) is 4.43. The lowest BCUT2D eigenvalue weighted by molar-refractivity contribution is -0.385. The van der Waals surface area contributed by atoms with Crippen LogP contribution in [-0.2, 0) is 21.4 Å². The van der Waals surface area contributed by atoms with Crippen molar-refractivity contribution in [2.75, 3.05) is 6.54 Å². The van der Waals surface area contributed by atoms with Gasteiger partial charge in [-0.05, 0) is 23.8 Å². The average molecular weight is 452 g/mol. The number of carbonyl (C=O) groups excluding carboxylic acids is 1. The summed E-state index contributed by atoms with van der Waals surface area (Å²) in [6, 6.07) is 22.6. The second-order valence-electron chi connectivity index (χ2n) is 6.68. The Hall–Kier alpha value is -3.89. The summed E-state index contributed by atoms with van der Waals surface area (Å²) in [5.74, 6) is -0.685. The van der Waals surface area contributed by atoms with Crippen LogP contribution in [0.4, 0.5) is 5.69 Å². The average Bonchev–Trinajstić information content (AvgIpc) is 2.80. The monoisotopic (exact) mass is 452 g/mol. The summed E-state index contributed by atoms with van der Waals surface area (Å²) in [7, 11) is -3.96. The second kappa shape index (κ2) is 10.4. The Morgan fingerprint density at radius 3 is 2.22 bits per heavy atom. The normalized spacial score (nSPS) is 11.5. The van der Waals surface area contributed by atoms with Gasteiger partial charge in [0.2, 0.25) is 10.0 Å². The number of nitrogens with one attached hydrogen (secondary N) is 1. The third kappa shape index (κ3) is 5.84. The lowest BCUT2D eigenvalue weighted by atomic mass is 10.2. The van der Waals surface area contributed by atoms with Gasteiger partial charge in [0.05, 0.1) is 28.1 Å². The van der Waals surface area contributed by atoms with Gasteiger partial charge < -0.3 is 0 Å². The lowest BCUT2D eigenvalue weighted by Crippen LogP contribution is -2.39. The van der Waals surface area contributed by atoms with Gasteiger partial charge in [0.1, 0.15) is 0 Å². The topological polar surface area (TPSA) is 122 Å². The smallest absolute Gasteiger partial charge is 0.272 e. The molecule has 3 rings (SSSR count). The number of benzene rings is 3. The molecule has 3 aromatic rings. The number of nitro benzene ring substituents is 1. The van der Waals surface area contributed by atoms with Gasteiger partial charge in [-0.25, -0.2) is 13.8 Å². The van der Waals surface area contributed by atoms with Gasteiger partial charge in [-0.15, -0.1) is 0 Å². The van der Waals surface area contributed by atoms with Crippen molar-refractivity contribution in [1.29, 1.82) is 0 Å². The van der Waals surface area contributed by atoms with Crippen LogP contribution in [0.5, 0.6) is 0 Å². The predicted molar refractivity (Wildman–Crippen MR) is 119 cm³/mol. The molecule has 3 aromatic carbocycles. The SMILES string of the molecule is O=C(CN(Cc1ccccc1)S(=O)(=O)c1ccccc1)N/N=C\c1ccccc1[N+](=O)[O-]. The van der Waals surface area contributed by atoms with E-state index in [2.05, 4.69) is 10.5 Å². The minimum absolute atomic E-state index is 0.0145. The van der Waals surface area contributed by atoms with E-state index in [1.165, 1.54) is 30.3 Å². The molecule has 0 atom stereocenters. The van der Waals surface area contributed by atoms with Crippen LogP contribution in [0.15, 0.2) is 94.9 Å². The molecule has 32 heavy (non-hydrogen) atoms. The molecule has 0 radical (unpaired) electrons. The maximum Gasteiger partial charge on any atom is 0.278 e. The van der Waals surface area contributed by atoms with Gasteiger partial charge in [0.15, 0.2) is 0 Å². The van der Waals surface area contributed by atoms with Crippen molar-refractivity contribution in [2.45, 2.75) is 11.4 Å². The number of carbonyl (C=O) groups is 1. The molecular weight excluding hydrogens is 432 g/mol. The van der Waals surface area contributed by atoms with Crippen molar-refractivity contribution < 1.29 is 18.1 Å². The van der Waals surface area contributed by atoms with Crippen LogP contribution >= 0.6 is 0 Å². The van der Waals surface area contributed by atoms with E-state index in [1.807, 2.05) is 6.07 Å². The number of sulfonamides is 1. The van der Waals surface area contributed by atoms with Crippen LogP contribution in [0.25, 0.3) is 0 Å². The van der Waals surface area contributed by atoms with Crippen molar-refractivity contribution >= 4 is 27.8 Å². The van der Waals surface area contributed by atoms with Gasteiger partial charge in [0.25, 0.3) is 11.6 Å². The molecule has 0 aliphatic rings. The standard InChI is InChI=1S/C22H20N4O5S/c27-22(24-23-15-19-11-7-8-14-21(19)26(28)29)17-25(16-18-9-3-1-4-10-18)32(30,31)20-12-5-2-6-13-20/h1-15H,16-17H2,(H,24,27)/b23-15-. The number of amides is 1. The zero-order valence-electron chi connectivity index (χ0n) is 16.9. The zero-order chi connectivity index (χ0) is 23.0. The van der Waals surface area contributed by atoms with Crippen LogP contribution in [0.1, 0.15) is 11.1 Å². The molecule has 0 unspecified atom stereocenters. The molecule has 9 nitrogen and oxygen atoms in total. The maximum absolute atomic E-state index is 13.1. The third-order valence-corrected chi connectivity index (χ3v) is 6.23. The van der Waals surface area contributed by atoms with E-state index in [0.29, 0.717) is 5.56 Å². The van der Waals surface area contributed by atoms with Gasteiger partial charge >= 0.3 is 0 Å². The summed E-state index contributed by atoms with van der Waals surface area (Å²) in [6.45, 7) is -0.500. The molecule has 0 spiro atoms. The molecule has 164 valence electrons. The quantitative estimate of drug-likeness (QED) is 0.304. The first-order valence-electron chi connectivity index (χ1n) is 9.52. The molecule has 0 heterocycles. The Morgan fingerprint density at radius 2 is 1.56 bits per heavy atom. The number of hydrogen-bond acceptors (Lipinski definition) is 6. The highest BCUT2D eigenvalue weighted by Crippen LogP contribution is 2.18. The minimum Gasteiger partial charge on any atom is -0.272 e. The number of para-hydroxylation sites is 1. The minimum atomic E-state index is -3.96. The summed E-state index contributed by atoms with van der Waals surface area (Å²) in [4.78, 5) is 23.0. The van der Waals surface area contributed by atoms with Crippen molar-refractivity contribution in [2.24, 2.45) is 5.10 Å². The van der Waals surface area contributed by atoms with Crippen molar-refractivity contribution in [3.05, 3.63) is 106 Å². The number of nitro groups is 1. The largest absolute Gasteiger partial charge is 0.278 e. The highest BCUT2D eigenvalue weighted by atomic mass is 32.2. The fourth-order valence-corrected chi connectivity index (χ4v) is 4.29. The first-order valence-corrected chi connectivity index (χ1v) is 11.0. The maximum atomic E-state index is 13.1. The second-order valence-corrected chi connectivity index (χ2v) is 8.62. The van der Waals surface area contributed by atoms with Gasteiger partial charge in [-0.1, -0.05) is 60.7 Å². The van der Waals surface area contributed by atoms with Crippen LogP contribution in [-0.4, -0.2) is 36.3 Å². The fourth-order valence-electron chi connectivity index (χ4n) is 2.89.